The van der Waals surface area contributed by atoms with Gasteiger partial charge >= 0.3 is 0 Å². The lowest BCUT2D eigenvalue weighted by Gasteiger charge is -2.38. The predicted octanol–water partition coefficient (Wildman–Crippen LogP) is -0.364. The van der Waals surface area contributed by atoms with Gasteiger partial charge in [-0.15, -0.1) is 0 Å². The summed E-state index contributed by atoms with van der Waals surface area (Å²) >= 11 is 0. The Bertz CT molecular complexity index is 366. The number of rotatable bonds is 2. The Morgan fingerprint density at radius 2 is 2.00 bits per heavy atom. The van der Waals surface area contributed by atoms with E-state index in [4.69, 9.17) is 4.74 Å². The average molecular weight is 277 g/mol. The molecule has 106 valence electrons. The molecule has 2 atom stereocenters. The molecular formula is C11H23N3O3S. The third-order valence-corrected chi connectivity index (χ3v) is 5.59. The molecular weight excluding hydrogens is 254 g/mol. The number of nitrogens with zero attached hydrogens (tertiary/aromatic N) is 2. The second-order valence-corrected chi connectivity index (χ2v) is 6.95. The molecule has 18 heavy (non-hydrogen) atoms. The summed E-state index contributed by atoms with van der Waals surface area (Å²) < 4.78 is 33.9. The number of hydrogen-bond acceptors (Lipinski definition) is 4. The van der Waals surface area contributed by atoms with Crippen LogP contribution in [0.5, 0.6) is 0 Å². The van der Waals surface area contributed by atoms with Gasteiger partial charge in [-0.1, -0.05) is 0 Å². The maximum atomic E-state index is 12.6. The first-order chi connectivity index (χ1) is 8.51. The van der Waals surface area contributed by atoms with Crippen LogP contribution in [0.2, 0.25) is 0 Å². The van der Waals surface area contributed by atoms with Gasteiger partial charge in [-0.2, -0.15) is 17.0 Å². The minimum absolute atomic E-state index is 0.0268. The standard InChI is InChI=1S/C11H23N3O3S/c1-10-9-17-11(2)8-14(10)18(15,16)13-6-3-4-12-5-7-13/h10-12H,3-9H2,1-2H3/t10-,11+/m0/s1. The molecule has 0 aromatic heterocycles. The van der Waals surface area contributed by atoms with Gasteiger partial charge in [-0.25, -0.2) is 0 Å². The van der Waals surface area contributed by atoms with Gasteiger partial charge in [0.2, 0.25) is 0 Å². The molecule has 2 saturated heterocycles. The van der Waals surface area contributed by atoms with Crippen LogP contribution in [0.15, 0.2) is 0 Å². The third kappa shape index (κ3) is 3.03. The molecule has 0 saturated carbocycles. The molecule has 6 nitrogen and oxygen atoms in total. The molecule has 2 heterocycles. The van der Waals surface area contributed by atoms with Gasteiger partial charge in [0, 0.05) is 32.2 Å². The highest BCUT2D eigenvalue weighted by Gasteiger charge is 2.36. The van der Waals surface area contributed by atoms with Crippen LogP contribution in [-0.2, 0) is 14.9 Å². The molecule has 2 fully saturated rings. The highest BCUT2D eigenvalue weighted by molar-refractivity contribution is 7.86. The Balaban J connectivity index is 2.12. The van der Waals surface area contributed by atoms with E-state index < -0.39 is 10.2 Å². The maximum absolute atomic E-state index is 12.6. The summed E-state index contributed by atoms with van der Waals surface area (Å²) in [5.74, 6) is 0. The van der Waals surface area contributed by atoms with E-state index in [0.29, 0.717) is 26.2 Å². The SMILES string of the molecule is C[C@@H]1CN(S(=O)(=O)N2CCCNCC2)[C@@H](C)CO1. The second-order valence-electron chi connectivity index (χ2n) is 5.07. The summed E-state index contributed by atoms with van der Waals surface area (Å²) in [7, 11) is -3.34. The van der Waals surface area contributed by atoms with Crippen molar-refractivity contribution in [1.82, 2.24) is 13.9 Å². The number of nitrogens with one attached hydrogen (secondary N) is 1. The van der Waals surface area contributed by atoms with Crippen LogP contribution in [0.3, 0.4) is 0 Å². The van der Waals surface area contributed by atoms with E-state index in [1.807, 2.05) is 13.8 Å². The summed E-state index contributed by atoms with van der Waals surface area (Å²) in [5.41, 5.74) is 0. The van der Waals surface area contributed by atoms with E-state index in [0.717, 1.165) is 19.5 Å². The normalized spacial score (nSPS) is 33.2. The van der Waals surface area contributed by atoms with Crippen LogP contribution >= 0.6 is 0 Å². The number of ether oxygens (including phenoxy) is 1. The van der Waals surface area contributed by atoms with Crippen molar-refractivity contribution in [3.8, 4) is 0 Å². The lowest BCUT2D eigenvalue weighted by molar-refractivity contribution is -0.0190. The summed E-state index contributed by atoms with van der Waals surface area (Å²) in [4.78, 5) is 0. The summed E-state index contributed by atoms with van der Waals surface area (Å²) in [5, 5.41) is 3.22. The zero-order valence-corrected chi connectivity index (χ0v) is 11.9. The van der Waals surface area contributed by atoms with Crippen molar-refractivity contribution in [1.29, 1.82) is 0 Å². The first kappa shape index (κ1) is 14.2. The van der Waals surface area contributed by atoms with Gasteiger partial charge in [0.05, 0.1) is 12.7 Å². The molecule has 0 aliphatic carbocycles. The first-order valence-electron chi connectivity index (χ1n) is 6.61. The Hall–Kier alpha value is -0.210. The first-order valence-corrected chi connectivity index (χ1v) is 8.01. The van der Waals surface area contributed by atoms with Crippen molar-refractivity contribution in [2.75, 3.05) is 39.3 Å². The quantitative estimate of drug-likeness (QED) is 0.748. The maximum Gasteiger partial charge on any atom is 0.282 e. The minimum Gasteiger partial charge on any atom is -0.375 e. The van der Waals surface area contributed by atoms with E-state index in [1.54, 1.807) is 8.61 Å². The van der Waals surface area contributed by atoms with Gasteiger partial charge in [0.25, 0.3) is 10.2 Å². The molecule has 7 heteroatoms. The largest absolute Gasteiger partial charge is 0.375 e. The monoisotopic (exact) mass is 277 g/mol. The Labute approximate surface area is 109 Å². The molecule has 2 rings (SSSR count). The van der Waals surface area contributed by atoms with E-state index in [-0.39, 0.29) is 12.1 Å². The Kier molecular flexibility index (Phi) is 4.60. The summed E-state index contributed by atoms with van der Waals surface area (Å²) in [6.45, 7) is 7.53. The summed E-state index contributed by atoms with van der Waals surface area (Å²) in [6, 6.07) is -0.0811. The molecule has 2 aliphatic rings. The van der Waals surface area contributed by atoms with Crippen LogP contribution in [-0.4, -0.2) is 68.5 Å². The fourth-order valence-corrected chi connectivity index (χ4v) is 4.29. The lowest BCUT2D eigenvalue weighted by Crippen LogP contribution is -2.55. The van der Waals surface area contributed by atoms with E-state index >= 15 is 0 Å². The van der Waals surface area contributed by atoms with Crippen molar-refractivity contribution in [2.24, 2.45) is 0 Å². The van der Waals surface area contributed by atoms with Crippen LogP contribution in [0.1, 0.15) is 20.3 Å². The van der Waals surface area contributed by atoms with E-state index in [2.05, 4.69) is 5.32 Å². The zero-order valence-electron chi connectivity index (χ0n) is 11.1. The third-order valence-electron chi connectivity index (χ3n) is 3.47. The minimum atomic E-state index is -3.34. The second kappa shape index (κ2) is 5.83. The molecule has 0 amide bonds. The molecule has 0 aromatic carbocycles. The summed E-state index contributed by atoms with van der Waals surface area (Å²) in [6.07, 6.45) is 0.842. The van der Waals surface area contributed by atoms with E-state index in [9.17, 15) is 8.42 Å². The van der Waals surface area contributed by atoms with Crippen molar-refractivity contribution >= 4 is 10.2 Å². The Morgan fingerprint density at radius 1 is 1.22 bits per heavy atom. The fraction of sp³-hybridized carbons (Fsp3) is 1.00. The number of hydrogen-bond donors (Lipinski definition) is 1. The highest BCUT2D eigenvalue weighted by Crippen LogP contribution is 2.19. The number of morpholine rings is 1. The van der Waals surface area contributed by atoms with Gasteiger partial charge in [-0.3, -0.25) is 0 Å². The molecule has 0 unspecified atom stereocenters. The van der Waals surface area contributed by atoms with Crippen molar-refractivity contribution < 1.29 is 13.2 Å². The van der Waals surface area contributed by atoms with Crippen LogP contribution in [0.25, 0.3) is 0 Å². The zero-order chi connectivity index (χ0) is 13.2. The smallest absolute Gasteiger partial charge is 0.282 e. The highest BCUT2D eigenvalue weighted by atomic mass is 32.2. The van der Waals surface area contributed by atoms with Gasteiger partial charge in [0.1, 0.15) is 0 Å². The molecule has 0 aromatic rings. The van der Waals surface area contributed by atoms with Gasteiger partial charge in [-0.05, 0) is 26.8 Å². The van der Waals surface area contributed by atoms with Crippen molar-refractivity contribution in [2.45, 2.75) is 32.4 Å². The van der Waals surface area contributed by atoms with Gasteiger partial charge < -0.3 is 10.1 Å². The van der Waals surface area contributed by atoms with Crippen LogP contribution in [0, 0.1) is 0 Å². The molecule has 2 aliphatic heterocycles. The molecule has 0 radical (unpaired) electrons. The van der Waals surface area contributed by atoms with E-state index in [1.165, 1.54) is 0 Å². The lowest BCUT2D eigenvalue weighted by atomic mass is 10.2. The average Bonchev–Trinajstić information content (AvgIpc) is 2.61. The van der Waals surface area contributed by atoms with Crippen LogP contribution < -0.4 is 5.32 Å². The molecule has 0 spiro atoms. The van der Waals surface area contributed by atoms with Gasteiger partial charge in [0.15, 0.2) is 0 Å². The van der Waals surface area contributed by atoms with Crippen molar-refractivity contribution in [3.05, 3.63) is 0 Å². The topological polar surface area (TPSA) is 61.9 Å². The Morgan fingerprint density at radius 3 is 2.78 bits per heavy atom. The predicted molar refractivity (Wildman–Crippen MR) is 69.6 cm³/mol. The van der Waals surface area contributed by atoms with Crippen LogP contribution in [0.4, 0.5) is 0 Å². The van der Waals surface area contributed by atoms with Crippen molar-refractivity contribution in [3.63, 3.8) is 0 Å². The molecule has 0 bridgehead atoms. The fourth-order valence-electron chi connectivity index (χ4n) is 2.39. The molecule has 1 N–H and O–H groups in total.